The molecule has 0 aromatic heterocycles. The number of hydrogen-bond donors (Lipinski definition) is 2. The Hall–Kier alpha value is -2.12. The summed E-state index contributed by atoms with van der Waals surface area (Å²) in [5, 5.41) is 5.18. The summed E-state index contributed by atoms with van der Waals surface area (Å²) in [6.45, 7) is 4.71. The maximum absolute atomic E-state index is 11.9. The molecule has 2 rings (SSSR count). The van der Waals surface area contributed by atoms with Crippen LogP contribution in [0, 0.1) is 0 Å². The van der Waals surface area contributed by atoms with E-state index in [4.69, 9.17) is 9.47 Å². The zero-order chi connectivity index (χ0) is 16.5. The maximum Gasteiger partial charge on any atom is 0.313 e. The summed E-state index contributed by atoms with van der Waals surface area (Å²) in [6.07, 6.45) is 0.799. The second-order valence-corrected chi connectivity index (χ2v) is 5.22. The van der Waals surface area contributed by atoms with Gasteiger partial charge in [-0.25, -0.2) is 0 Å². The summed E-state index contributed by atoms with van der Waals surface area (Å²) in [5.41, 5.74) is 0.475. The van der Waals surface area contributed by atoms with Crippen LogP contribution in [-0.2, 0) is 14.3 Å². The summed E-state index contributed by atoms with van der Waals surface area (Å²) >= 11 is 0. The van der Waals surface area contributed by atoms with Crippen LogP contribution in [0.3, 0.4) is 0 Å². The molecule has 0 spiro atoms. The Balaban J connectivity index is 1.69. The van der Waals surface area contributed by atoms with Gasteiger partial charge in [0.2, 0.25) is 0 Å². The van der Waals surface area contributed by atoms with Crippen molar-refractivity contribution in [2.45, 2.75) is 6.42 Å². The average Bonchev–Trinajstić information content (AvgIpc) is 2.60. The van der Waals surface area contributed by atoms with Crippen LogP contribution in [0.1, 0.15) is 6.42 Å². The molecule has 1 aromatic rings. The number of anilines is 1. The standard InChI is InChI=1S/C16H23N3O4/c1-22-14-6-3-2-5-13(14)18-16(21)15(20)17-7-4-8-19-9-11-23-12-10-19/h2-3,5-6H,4,7-12H2,1H3,(H,17,20)(H,18,21). The lowest BCUT2D eigenvalue weighted by Crippen LogP contribution is -2.39. The molecule has 2 N–H and O–H groups in total. The normalized spacial score (nSPS) is 15.0. The largest absolute Gasteiger partial charge is 0.495 e. The molecule has 1 aliphatic rings. The molecule has 1 aliphatic heterocycles. The van der Waals surface area contributed by atoms with Crippen molar-refractivity contribution < 1.29 is 19.1 Å². The minimum absolute atomic E-state index is 0.468. The minimum atomic E-state index is -0.694. The van der Waals surface area contributed by atoms with Crippen LogP contribution in [0.25, 0.3) is 0 Å². The van der Waals surface area contributed by atoms with Crippen molar-refractivity contribution in [2.75, 3.05) is 51.8 Å². The molecule has 7 nitrogen and oxygen atoms in total. The van der Waals surface area contributed by atoms with E-state index in [2.05, 4.69) is 15.5 Å². The van der Waals surface area contributed by atoms with Gasteiger partial charge >= 0.3 is 11.8 Å². The van der Waals surface area contributed by atoms with Gasteiger partial charge in [-0.3, -0.25) is 14.5 Å². The van der Waals surface area contributed by atoms with Gasteiger partial charge in [0.15, 0.2) is 0 Å². The van der Waals surface area contributed by atoms with Gasteiger partial charge in [-0.2, -0.15) is 0 Å². The first-order valence-electron chi connectivity index (χ1n) is 7.73. The molecule has 0 aliphatic carbocycles. The Kier molecular flexibility index (Phi) is 6.83. The molecule has 1 fully saturated rings. The quantitative estimate of drug-likeness (QED) is 0.588. The van der Waals surface area contributed by atoms with Gasteiger partial charge in [-0.15, -0.1) is 0 Å². The molecule has 0 unspecified atom stereocenters. The summed E-state index contributed by atoms with van der Waals surface area (Å²) in [4.78, 5) is 26.0. The number of para-hydroxylation sites is 2. The van der Waals surface area contributed by atoms with Gasteiger partial charge in [-0.05, 0) is 25.1 Å². The highest BCUT2D eigenvalue weighted by Crippen LogP contribution is 2.22. The van der Waals surface area contributed by atoms with Gasteiger partial charge in [-0.1, -0.05) is 12.1 Å². The fourth-order valence-corrected chi connectivity index (χ4v) is 2.34. The second-order valence-electron chi connectivity index (χ2n) is 5.22. The van der Waals surface area contributed by atoms with E-state index in [9.17, 15) is 9.59 Å². The number of ether oxygens (including phenoxy) is 2. The van der Waals surface area contributed by atoms with E-state index in [-0.39, 0.29) is 0 Å². The van der Waals surface area contributed by atoms with Gasteiger partial charge in [0.25, 0.3) is 0 Å². The van der Waals surface area contributed by atoms with Crippen molar-refractivity contribution in [1.82, 2.24) is 10.2 Å². The monoisotopic (exact) mass is 321 g/mol. The number of nitrogens with zero attached hydrogens (tertiary/aromatic N) is 1. The maximum atomic E-state index is 11.9. The number of nitrogens with one attached hydrogen (secondary N) is 2. The topological polar surface area (TPSA) is 79.9 Å². The smallest absolute Gasteiger partial charge is 0.313 e. The van der Waals surface area contributed by atoms with Crippen molar-refractivity contribution in [3.05, 3.63) is 24.3 Å². The number of morpholine rings is 1. The molecular weight excluding hydrogens is 298 g/mol. The highest BCUT2D eigenvalue weighted by atomic mass is 16.5. The third kappa shape index (κ3) is 5.54. The molecular formula is C16H23N3O4. The molecule has 1 heterocycles. The lowest BCUT2D eigenvalue weighted by Gasteiger charge is -2.26. The van der Waals surface area contributed by atoms with Crippen molar-refractivity contribution in [2.24, 2.45) is 0 Å². The number of rotatable bonds is 6. The van der Waals surface area contributed by atoms with E-state index in [1.807, 2.05) is 0 Å². The van der Waals surface area contributed by atoms with Crippen LogP contribution in [-0.4, -0.2) is 63.2 Å². The Morgan fingerprint density at radius 1 is 1.22 bits per heavy atom. The van der Waals surface area contributed by atoms with Crippen molar-refractivity contribution in [1.29, 1.82) is 0 Å². The van der Waals surface area contributed by atoms with E-state index in [0.717, 1.165) is 39.3 Å². The van der Waals surface area contributed by atoms with Crippen LogP contribution < -0.4 is 15.4 Å². The predicted octanol–water partition coefficient (Wildman–Crippen LogP) is 0.472. The first-order valence-corrected chi connectivity index (χ1v) is 7.73. The van der Waals surface area contributed by atoms with Gasteiger partial charge in [0.1, 0.15) is 5.75 Å². The summed E-state index contributed by atoms with van der Waals surface area (Å²) in [6, 6.07) is 6.96. The Morgan fingerprint density at radius 3 is 2.70 bits per heavy atom. The first kappa shape index (κ1) is 17.2. The summed E-state index contributed by atoms with van der Waals surface area (Å²) in [5.74, 6) is -0.820. The third-order valence-corrected chi connectivity index (χ3v) is 3.60. The number of benzene rings is 1. The minimum Gasteiger partial charge on any atom is -0.495 e. The zero-order valence-corrected chi connectivity index (χ0v) is 13.3. The lowest BCUT2D eigenvalue weighted by molar-refractivity contribution is -0.136. The van der Waals surface area contributed by atoms with E-state index in [0.29, 0.717) is 18.0 Å². The first-order chi connectivity index (χ1) is 11.2. The molecule has 0 bridgehead atoms. The SMILES string of the molecule is COc1ccccc1NC(=O)C(=O)NCCCN1CCOCC1. The molecule has 126 valence electrons. The Morgan fingerprint density at radius 2 is 1.96 bits per heavy atom. The fourth-order valence-electron chi connectivity index (χ4n) is 2.34. The predicted molar refractivity (Wildman–Crippen MR) is 86.5 cm³/mol. The molecule has 23 heavy (non-hydrogen) atoms. The number of carbonyl (C=O) groups excluding carboxylic acids is 2. The highest BCUT2D eigenvalue weighted by molar-refractivity contribution is 6.39. The van der Waals surface area contributed by atoms with Crippen molar-refractivity contribution in [3.63, 3.8) is 0 Å². The zero-order valence-electron chi connectivity index (χ0n) is 13.3. The van der Waals surface area contributed by atoms with E-state index in [1.165, 1.54) is 7.11 Å². The van der Waals surface area contributed by atoms with Gasteiger partial charge < -0.3 is 20.1 Å². The third-order valence-electron chi connectivity index (χ3n) is 3.60. The van der Waals surface area contributed by atoms with Crippen LogP contribution in [0.2, 0.25) is 0 Å². The average molecular weight is 321 g/mol. The van der Waals surface area contributed by atoms with Gasteiger partial charge in [0, 0.05) is 19.6 Å². The van der Waals surface area contributed by atoms with Crippen LogP contribution in [0.15, 0.2) is 24.3 Å². The van der Waals surface area contributed by atoms with E-state index >= 15 is 0 Å². The molecule has 0 saturated carbocycles. The van der Waals surface area contributed by atoms with E-state index < -0.39 is 11.8 Å². The fraction of sp³-hybridized carbons (Fsp3) is 0.500. The van der Waals surface area contributed by atoms with Crippen molar-refractivity contribution in [3.8, 4) is 5.75 Å². The molecule has 7 heteroatoms. The number of carbonyl (C=O) groups is 2. The van der Waals surface area contributed by atoms with E-state index in [1.54, 1.807) is 24.3 Å². The lowest BCUT2D eigenvalue weighted by atomic mass is 10.3. The number of methoxy groups -OCH3 is 1. The summed E-state index contributed by atoms with van der Waals surface area (Å²) < 4.78 is 10.4. The van der Waals surface area contributed by atoms with Crippen molar-refractivity contribution >= 4 is 17.5 Å². The highest BCUT2D eigenvalue weighted by Gasteiger charge is 2.15. The molecule has 0 atom stereocenters. The summed E-state index contributed by atoms with van der Waals surface area (Å²) in [7, 11) is 1.51. The Labute approximate surface area is 135 Å². The van der Waals surface area contributed by atoms with Gasteiger partial charge in [0.05, 0.1) is 26.0 Å². The van der Waals surface area contributed by atoms with Crippen LogP contribution >= 0.6 is 0 Å². The second kappa shape index (κ2) is 9.12. The molecule has 0 radical (unpaired) electrons. The number of amides is 2. The molecule has 2 amide bonds. The number of hydrogen-bond acceptors (Lipinski definition) is 5. The molecule has 1 saturated heterocycles. The van der Waals surface area contributed by atoms with Crippen LogP contribution in [0.5, 0.6) is 5.75 Å². The van der Waals surface area contributed by atoms with Crippen LogP contribution in [0.4, 0.5) is 5.69 Å². The Bertz CT molecular complexity index is 530. The molecule has 1 aromatic carbocycles.